The van der Waals surface area contributed by atoms with Crippen LogP contribution in [0.25, 0.3) is 5.69 Å². The highest BCUT2D eigenvalue weighted by atomic mass is 35.5. The quantitative estimate of drug-likeness (QED) is 0.646. The second kappa shape index (κ2) is 7.08. The Morgan fingerprint density at radius 2 is 1.89 bits per heavy atom. The monoisotopic (exact) mass is 393 g/mol. The van der Waals surface area contributed by atoms with E-state index in [-0.39, 0.29) is 5.69 Å². The van der Waals surface area contributed by atoms with Gasteiger partial charge in [0, 0.05) is 10.7 Å². The van der Waals surface area contributed by atoms with Gasteiger partial charge in [-0.3, -0.25) is 4.79 Å². The van der Waals surface area contributed by atoms with E-state index in [4.69, 9.17) is 11.6 Å². The Morgan fingerprint density at radius 3 is 2.52 bits per heavy atom. The first kappa shape index (κ1) is 19.0. The predicted molar refractivity (Wildman–Crippen MR) is 97.4 cm³/mol. The van der Waals surface area contributed by atoms with Crippen LogP contribution in [0.2, 0.25) is 5.02 Å². The molecule has 0 aliphatic carbocycles. The molecule has 2 aromatic carbocycles. The fraction of sp³-hybridized carbons (Fsp3) is 0.158. The SMILES string of the molecule is Cc1cccc(-n2ncc(C(=O)Nc3ccc(C)c(Cl)c3)c2C(F)(F)F)c1. The third-order valence-electron chi connectivity index (χ3n) is 3.96. The van der Waals surface area contributed by atoms with Crippen molar-refractivity contribution in [3.8, 4) is 5.69 Å². The minimum atomic E-state index is -4.77. The number of benzene rings is 2. The van der Waals surface area contributed by atoms with Crippen molar-refractivity contribution in [2.75, 3.05) is 5.32 Å². The molecule has 0 fully saturated rings. The number of amides is 1. The highest BCUT2D eigenvalue weighted by molar-refractivity contribution is 6.31. The standard InChI is InChI=1S/C19H15ClF3N3O/c1-11-4-3-5-14(8-11)26-17(19(21,22)23)15(10-24-26)18(27)25-13-7-6-12(2)16(20)9-13/h3-10H,1-2H3,(H,25,27). The summed E-state index contributed by atoms with van der Waals surface area (Å²) in [6.07, 6.45) is -3.85. The molecule has 27 heavy (non-hydrogen) atoms. The Labute approximate surface area is 158 Å². The number of carbonyl (C=O) groups is 1. The van der Waals surface area contributed by atoms with Gasteiger partial charge >= 0.3 is 6.18 Å². The summed E-state index contributed by atoms with van der Waals surface area (Å²) >= 11 is 6.00. The van der Waals surface area contributed by atoms with E-state index in [1.54, 1.807) is 44.2 Å². The number of anilines is 1. The summed E-state index contributed by atoms with van der Waals surface area (Å²) in [4.78, 5) is 12.5. The number of halogens is 4. The lowest BCUT2D eigenvalue weighted by molar-refractivity contribution is -0.143. The Kier molecular flexibility index (Phi) is 4.97. The molecular weight excluding hydrogens is 379 g/mol. The molecule has 0 atom stereocenters. The molecule has 0 saturated carbocycles. The second-order valence-electron chi connectivity index (χ2n) is 6.07. The van der Waals surface area contributed by atoms with E-state index in [9.17, 15) is 18.0 Å². The normalized spacial score (nSPS) is 11.5. The Bertz CT molecular complexity index is 1010. The smallest absolute Gasteiger partial charge is 0.322 e. The number of alkyl halides is 3. The van der Waals surface area contributed by atoms with E-state index < -0.39 is 23.3 Å². The van der Waals surface area contributed by atoms with Gasteiger partial charge in [-0.15, -0.1) is 0 Å². The van der Waals surface area contributed by atoms with Crippen LogP contribution in [0.15, 0.2) is 48.7 Å². The van der Waals surface area contributed by atoms with Crippen molar-refractivity contribution in [2.24, 2.45) is 0 Å². The molecule has 1 amide bonds. The lowest BCUT2D eigenvalue weighted by Gasteiger charge is -2.13. The lowest BCUT2D eigenvalue weighted by Crippen LogP contribution is -2.20. The highest BCUT2D eigenvalue weighted by Gasteiger charge is 2.40. The number of rotatable bonds is 3. The summed E-state index contributed by atoms with van der Waals surface area (Å²) in [7, 11) is 0. The summed E-state index contributed by atoms with van der Waals surface area (Å²) in [5.41, 5.74) is 0.380. The maximum atomic E-state index is 13.7. The van der Waals surface area contributed by atoms with E-state index in [1.165, 1.54) is 12.1 Å². The fourth-order valence-corrected chi connectivity index (χ4v) is 2.79. The number of aromatic nitrogens is 2. The molecule has 140 valence electrons. The molecule has 0 unspecified atom stereocenters. The number of carbonyl (C=O) groups excluding carboxylic acids is 1. The molecule has 0 bridgehead atoms. The van der Waals surface area contributed by atoms with Gasteiger partial charge in [-0.1, -0.05) is 29.8 Å². The third kappa shape index (κ3) is 3.98. The summed E-state index contributed by atoms with van der Waals surface area (Å²) < 4.78 is 41.8. The van der Waals surface area contributed by atoms with Crippen LogP contribution in [0.5, 0.6) is 0 Å². The number of aryl methyl sites for hydroxylation is 2. The van der Waals surface area contributed by atoms with E-state index in [0.29, 0.717) is 10.7 Å². The van der Waals surface area contributed by atoms with Gasteiger partial charge in [-0.25, -0.2) is 4.68 Å². The molecule has 0 aliphatic rings. The first-order chi connectivity index (χ1) is 12.7. The molecular formula is C19H15ClF3N3O. The number of hydrogen-bond acceptors (Lipinski definition) is 2. The van der Waals surface area contributed by atoms with Crippen LogP contribution in [0, 0.1) is 13.8 Å². The summed E-state index contributed by atoms with van der Waals surface area (Å²) in [6, 6.07) is 11.2. The van der Waals surface area contributed by atoms with Gasteiger partial charge in [-0.05, 0) is 49.2 Å². The van der Waals surface area contributed by atoms with E-state index >= 15 is 0 Å². The summed E-state index contributed by atoms with van der Waals surface area (Å²) in [5.74, 6) is -0.916. The molecule has 1 N–H and O–H groups in total. The summed E-state index contributed by atoms with van der Waals surface area (Å²) in [5, 5.41) is 6.64. The van der Waals surface area contributed by atoms with Crippen LogP contribution in [0.3, 0.4) is 0 Å². The van der Waals surface area contributed by atoms with Crippen LogP contribution >= 0.6 is 11.6 Å². The molecule has 1 aromatic heterocycles. The number of nitrogens with one attached hydrogen (secondary N) is 1. The van der Waals surface area contributed by atoms with Gasteiger partial charge in [-0.2, -0.15) is 18.3 Å². The van der Waals surface area contributed by atoms with Gasteiger partial charge in [0.25, 0.3) is 5.91 Å². The van der Waals surface area contributed by atoms with Gasteiger partial charge < -0.3 is 5.32 Å². The Morgan fingerprint density at radius 1 is 1.15 bits per heavy atom. The maximum Gasteiger partial charge on any atom is 0.434 e. The zero-order valence-electron chi connectivity index (χ0n) is 14.4. The second-order valence-corrected chi connectivity index (χ2v) is 6.48. The minimum absolute atomic E-state index is 0.222. The van der Waals surface area contributed by atoms with Gasteiger partial charge in [0.15, 0.2) is 5.69 Å². The average Bonchev–Trinajstić information content (AvgIpc) is 3.04. The van der Waals surface area contributed by atoms with E-state index in [2.05, 4.69) is 10.4 Å². The number of hydrogen-bond donors (Lipinski definition) is 1. The van der Waals surface area contributed by atoms with Crippen molar-refractivity contribution in [2.45, 2.75) is 20.0 Å². The van der Waals surface area contributed by atoms with Crippen LogP contribution in [-0.4, -0.2) is 15.7 Å². The molecule has 4 nitrogen and oxygen atoms in total. The first-order valence-corrected chi connectivity index (χ1v) is 8.34. The van der Waals surface area contributed by atoms with Gasteiger partial charge in [0.05, 0.1) is 17.4 Å². The maximum absolute atomic E-state index is 13.7. The van der Waals surface area contributed by atoms with E-state index in [1.807, 2.05) is 0 Å². The van der Waals surface area contributed by atoms with Crippen molar-refractivity contribution in [3.05, 3.63) is 76.1 Å². The summed E-state index contributed by atoms with van der Waals surface area (Å²) in [6.45, 7) is 3.54. The molecule has 0 spiro atoms. The van der Waals surface area contributed by atoms with Crippen LogP contribution < -0.4 is 5.32 Å². The van der Waals surface area contributed by atoms with Crippen molar-refractivity contribution in [3.63, 3.8) is 0 Å². The lowest BCUT2D eigenvalue weighted by atomic mass is 10.2. The van der Waals surface area contributed by atoms with E-state index in [0.717, 1.165) is 22.0 Å². The average molecular weight is 394 g/mol. The molecule has 0 radical (unpaired) electrons. The third-order valence-corrected chi connectivity index (χ3v) is 4.37. The van der Waals surface area contributed by atoms with Gasteiger partial charge in [0.2, 0.25) is 0 Å². The zero-order chi connectivity index (χ0) is 19.8. The molecule has 8 heteroatoms. The van der Waals surface area contributed by atoms with Crippen molar-refractivity contribution >= 4 is 23.2 Å². The van der Waals surface area contributed by atoms with Crippen LogP contribution in [-0.2, 0) is 6.18 Å². The van der Waals surface area contributed by atoms with Crippen molar-refractivity contribution in [1.82, 2.24) is 9.78 Å². The molecule has 0 saturated heterocycles. The topological polar surface area (TPSA) is 46.9 Å². The van der Waals surface area contributed by atoms with Crippen LogP contribution in [0.4, 0.5) is 18.9 Å². The van der Waals surface area contributed by atoms with Crippen LogP contribution in [0.1, 0.15) is 27.2 Å². The largest absolute Gasteiger partial charge is 0.434 e. The fourth-order valence-electron chi connectivity index (χ4n) is 2.61. The zero-order valence-corrected chi connectivity index (χ0v) is 15.2. The van der Waals surface area contributed by atoms with Crippen molar-refractivity contribution < 1.29 is 18.0 Å². The first-order valence-electron chi connectivity index (χ1n) is 7.96. The van der Waals surface area contributed by atoms with Crippen molar-refractivity contribution in [1.29, 1.82) is 0 Å². The highest BCUT2D eigenvalue weighted by Crippen LogP contribution is 2.34. The Hall–Kier alpha value is -2.80. The molecule has 3 aromatic rings. The molecule has 0 aliphatic heterocycles. The van der Waals surface area contributed by atoms with Gasteiger partial charge in [0.1, 0.15) is 0 Å². The number of nitrogens with zero attached hydrogens (tertiary/aromatic N) is 2. The molecule has 3 rings (SSSR count). The molecule has 1 heterocycles. The minimum Gasteiger partial charge on any atom is -0.322 e. The predicted octanol–water partition coefficient (Wildman–Crippen LogP) is 5.41. The Balaban J connectivity index is 2.02.